The molecule has 1 aliphatic carbocycles. The third kappa shape index (κ3) is 1.39. The van der Waals surface area contributed by atoms with Gasteiger partial charge in [-0.15, -0.1) is 0 Å². The Balaban J connectivity index is 2.59. The number of aromatic amines is 1. The van der Waals surface area contributed by atoms with Gasteiger partial charge >= 0.3 is 0 Å². The molecule has 13 heavy (non-hydrogen) atoms. The number of aryl methyl sites for hydroxylation is 2. The van der Waals surface area contributed by atoms with Crippen molar-refractivity contribution in [3.63, 3.8) is 0 Å². The van der Waals surface area contributed by atoms with E-state index in [0.717, 1.165) is 5.69 Å². The summed E-state index contributed by atoms with van der Waals surface area (Å²) >= 11 is 0. The van der Waals surface area contributed by atoms with E-state index >= 15 is 0 Å². The van der Waals surface area contributed by atoms with Crippen LogP contribution in [0.25, 0.3) is 0 Å². The first-order valence-corrected chi connectivity index (χ1v) is 4.27. The zero-order chi connectivity index (χ0) is 9.42. The van der Waals surface area contributed by atoms with Crippen LogP contribution in [-0.2, 0) is 17.6 Å². The van der Waals surface area contributed by atoms with Crippen molar-refractivity contribution in [1.82, 2.24) is 9.97 Å². The molecule has 0 radical (unpaired) electrons. The monoisotopic (exact) mass is 178 g/mol. The van der Waals surface area contributed by atoms with Crippen LogP contribution in [0.2, 0.25) is 0 Å². The topological polar surface area (TPSA) is 62.8 Å². The molecular weight excluding hydrogens is 168 g/mol. The van der Waals surface area contributed by atoms with Gasteiger partial charge in [-0.3, -0.25) is 9.59 Å². The number of fused-ring (bicyclic) bond motifs is 1. The number of aromatic nitrogens is 2. The summed E-state index contributed by atoms with van der Waals surface area (Å²) in [5, 5.41) is 0. The Morgan fingerprint density at radius 2 is 2.08 bits per heavy atom. The van der Waals surface area contributed by atoms with Gasteiger partial charge < -0.3 is 4.98 Å². The third-order valence-electron chi connectivity index (χ3n) is 2.23. The number of carbonyl (C=O) groups is 1. The number of H-pyrrole nitrogens is 1. The molecule has 1 aromatic heterocycles. The molecular formula is C9H10N2O2. The zero-order valence-corrected chi connectivity index (χ0v) is 7.39. The van der Waals surface area contributed by atoms with Crippen LogP contribution in [-0.4, -0.2) is 15.8 Å². The van der Waals surface area contributed by atoms with Crippen molar-refractivity contribution in [2.75, 3.05) is 0 Å². The molecule has 0 saturated carbocycles. The van der Waals surface area contributed by atoms with Crippen LogP contribution in [0.1, 0.15) is 23.5 Å². The van der Waals surface area contributed by atoms with Crippen LogP contribution < -0.4 is 5.56 Å². The minimum Gasteiger partial charge on any atom is -0.311 e. The average Bonchev–Trinajstić information content (AvgIpc) is 2.06. The fraction of sp³-hybridized carbons (Fsp3) is 0.444. The van der Waals surface area contributed by atoms with Gasteiger partial charge in [0.2, 0.25) is 0 Å². The summed E-state index contributed by atoms with van der Waals surface area (Å²) in [4.78, 5) is 29.3. The van der Waals surface area contributed by atoms with Gasteiger partial charge in [-0.1, -0.05) is 0 Å². The SMILES string of the molecule is Cc1nc2c(c(=O)[nH]1)CC(=O)CC2. The lowest BCUT2D eigenvalue weighted by molar-refractivity contribution is -0.118. The van der Waals surface area contributed by atoms with Gasteiger partial charge in [0.25, 0.3) is 5.56 Å². The first kappa shape index (κ1) is 8.16. The molecule has 1 aliphatic rings. The first-order valence-electron chi connectivity index (χ1n) is 4.27. The molecule has 1 aromatic rings. The molecule has 0 spiro atoms. The van der Waals surface area contributed by atoms with E-state index in [2.05, 4.69) is 9.97 Å². The van der Waals surface area contributed by atoms with Crippen LogP contribution in [0.4, 0.5) is 0 Å². The van der Waals surface area contributed by atoms with Crippen LogP contribution in [0, 0.1) is 6.92 Å². The summed E-state index contributed by atoms with van der Waals surface area (Å²) in [5.74, 6) is 0.752. The van der Waals surface area contributed by atoms with Crippen molar-refractivity contribution in [3.8, 4) is 0 Å². The lowest BCUT2D eigenvalue weighted by Crippen LogP contribution is -2.26. The Kier molecular flexibility index (Phi) is 1.76. The molecule has 0 atom stereocenters. The highest BCUT2D eigenvalue weighted by Crippen LogP contribution is 2.12. The molecule has 2 rings (SSSR count). The van der Waals surface area contributed by atoms with Gasteiger partial charge in [-0.05, 0) is 13.3 Å². The van der Waals surface area contributed by atoms with E-state index in [1.165, 1.54) is 0 Å². The van der Waals surface area contributed by atoms with Crippen LogP contribution in [0.5, 0.6) is 0 Å². The normalized spacial score (nSPS) is 15.6. The first-order chi connectivity index (χ1) is 6.16. The van der Waals surface area contributed by atoms with E-state index in [1.54, 1.807) is 6.92 Å². The Labute approximate surface area is 75.0 Å². The molecule has 0 saturated heterocycles. The van der Waals surface area contributed by atoms with Gasteiger partial charge in [0.05, 0.1) is 5.69 Å². The molecule has 0 aliphatic heterocycles. The maximum absolute atomic E-state index is 11.4. The molecule has 68 valence electrons. The van der Waals surface area contributed by atoms with Crippen molar-refractivity contribution in [1.29, 1.82) is 0 Å². The number of hydrogen-bond donors (Lipinski definition) is 1. The summed E-state index contributed by atoms with van der Waals surface area (Å²) in [7, 11) is 0. The molecule has 1 N–H and O–H groups in total. The van der Waals surface area contributed by atoms with Gasteiger partial charge in [-0.2, -0.15) is 0 Å². The summed E-state index contributed by atoms with van der Waals surface area (Å²) in [6.45, 7) is 1.75. The second-order valence-corrected chi connectivity index (χ2v) is 3.29. The molecule has 0 aromatic carbocycles. The Morgan fingerprint density at radius 3 is 2.85 bits per heavy atom. The second-order valence-electron chi connectivity index (χ2n) is 3.29. The van der Waals surface area contributed by atoms with Gasteiger partial charge in [-0.25, -0.2) is 4.98 Å². The number of Topliss-reactive ketones (excluding diaryl/α,β-unsaturated/α-hetero) is 1. The minimum absolute atomic E-state index is 0.128. The van der Waals surface area contributed by atoms with Crippen LogP contribution in [0.3, 0.4) is 0 Å². The molecule has 0 bridgehead atoms. The number of rotatable bonds is 0. The molecule has 1 heterocycles. The lowest BCUT2D eigenvalue weighted by atomic mass is 9.96. The van der Waals surface area contributed by atoms with E-state index in [4.69, 9.17) is 0 Å². The Bertz CT molecular complexity index is 420. The number of nitrogens with zero attached hydrogens (tertiary/aromatic N) is 1. The molecule has 0 amide bonds. The summed E-state index contributed by atoms with van der Waals surface area (Å²) in [6.07, 6.45) is 1.37. The number of hydrogen-bond acceptors (Lipinski definition) is 3. The van der Waals surface area contributed by atoms with Crippen LogP contribution in [0.15, 0.2) is 4.79 Å². The smallest absolute Gasteiger partial charge is 0.254 e. The fourth-order valence-electron chi connectivity index (χ4n) is 1.60. The maximum Gasteiger partial charge on any atom is 0.254 e. The van der Waals surface area contributed by atoms with Gasteiger partial charge in [0.1, 0.15) is 11.6 Å². The highest BCUT2D eigenvalue weighted by molar-refractivity contribution is 5.82. The lowest BCUT2D eigenvalue weighted by Gasteiger charge is -2.12. The van der Waals surface area contributed by atoms with Gasteiger partial charge in [0, 0.05) is 18.4 Å². The number of carbonyl (C=O) groups excluding carboxylic acids is 1. The molecule has 0 unspecified atom stereocenters. The minimum atomic E-state index is -0.157. The van der Waals surface area contributed by atoms with E-state index in [0.29, 0.717) is 24.2 Å². The summed E-state index contributed by atoms with van der Waals surface area (Å²) in [6, 6.07) is 0. The Hall–Kier alpha value is -1.45. The largest absolute Gasteiger partial charge is 0.311 e. The van der Waals surface area contributed by atoms with Crippen molar-refractivity contribution in [2.45, 2.75) is 26.2 Å². The van der Waals surface area contributed by atoms with Crippen molar-refractivity contribution >= 4 is 5.78 Å². The maximum atomic E-state index is 11.4. The predicted molar refractivity (Wildman–Crippen MR) is 46.6 cm³/mol. The molecule has 4 heteroatoms. The predicted octanol–water partition coefficient (Wildman–Crippen LogP) is 0.136. The third-order valence-corrected chi connectivity index (χ3v) is 2.23. The standard InChI is InChI=1S/C9H10N2O2/c1-5-10-8-3-2-6(12)4-7(8)9(13)11-5/h2-4H2,1H3,(H,10,11,13). The van der Waals surface area contributed by atoms with Crippen molar-refractivity contribution in [3.05, 3.63) is 27.4 Å². The summed E-state index contributed by atoms with van der Waals surface area (Å²) in [5.41, 5.74) is 1.19. The molecule has 4 nitrogen and oxygen atoms in total. The van der Waals surface area contributed by atoms with Gasteiger partial charge in [0.15, 0.2) is 0 Å². The quantitative estimate of drug-likeness (QED) is 0.614. The van der Waals surface area contributed by atoms with E-state index in [-0.39, 0.29) is 17.8 Å². The number of nitrogens with one attached hydrogen (secondary N) is 1. The molecule has 0 fully saturated rings. The van der Waals surface area contributed by atoms with E-state index in [1.807, 2.05) is 0 Å². The second kappa shape index (κ2) is 2.80. The van der Waals surface area contributed by atoms with Crippen molar-refractivity contribution < 1.29 is 4.79 Å². The average molecular weight is 178 g/mol. The van der Waals surface area contributed by atoms with Crippen LogP contribution >= 0.6 is 0 Å². The summed E-state index contributed by atoms with van der Waals surface area (Å²) < 4.78 is 0. The van der Waals surface area contributed by atoms with E-state index in [9.17, 15) is 9.59 Å². The number of ketones is 1. The Morgan fingerprint density at radius 1 is 1.31 bits per heavy atom. The zero-order valence-electron chi connectivity index (χ0n) is 7.39. The van der Waals surface area contributed by atoms with Crippen molar-refractivity contribution in [2.24, 2.45) is 0 Å². The highest BCUT2D eigenvalue weighted by atomic mass is 16.1. The van der Waals surface area contributed by atoms with E-state index < -0.39 is 0 Å². The highest BCUT2D eigenvalue weighted by Gasteiger charge is 2.19. The fourth-order valence-corrected chi connectivity index (χ4v) is 1.60.